The van der Waals surface area contributed by atoms with Gasteiger partial charge in [-0.3, -0.25) is 4.90 Å². The Morgan fingerprint density at radius 2 is 2.23 bits per heavy atom. The van der Waals surface area contributed by atoms with E-state index in [0.29, 0.717) is 36.8 Å². The Kier molecular flexibility index (Phi) is 4.55. The molecule has 0 amide bonds. The van der Waals surface area contributed by atoms with Crippen molar-refractivity contribution >= 4 is 11.6 Å². The van der Waals surface area contributed by atoms with Gasteiger partial charge in [0.15, 0.2) is 0 Å². The first-order chi connectivity index (χ1) is 12.6. The lowest BCUT2D eigenvalue weighted by Crippen LogP contribution is -2.42. The summed E-state index contributed by atoms with van der Waals surface area (Å²) in [5, 5.41) is 10.6. The van der Waals surface area contributed by atoms with Gasteiger partial charge in [-0.1, -0.05) is 23.7 Å². The summed E-state index contributed by atoms with van der Waals surface area (Å²) < 4.78 is 25.4. The number of hydrogen-bond donors (Lipinski definition) is 1. The van der Waals surface area contributed by atoms with E-state index in [2.05, 4.69) is 4.90 Å². The summed E-state index contributed by atoms with van der Waals surface area (Å²) in [4.78, 5) is 2.15. The monoisotopic (exact) mass is 377 g/mol. The van der Waals surface area contributed by atoms with Crippen LogP contribution >= 0.6 is 11.6 Å². The molecule has 1 saturated heterocycles. The predicted molar refractivity (Wildman–Crippen MR) is 97.4 cm³/mol. The molecular weight excluding hydrogens is 357 g/mol. The number of likely N-dealkylation sites (tertiary alicyclic amines) is 1. The molecule has 2 atom stereocenters. The molecule has 26 heavy (non-hydrogen) atoms. The lowest BCUT2D eigenvalue weighted by molar-refractivity contribution is 0.0455. The zero-order chi connectivity index (χ0) is 18.3. The Bertz CT molecular complexity index is 810. The van der Waals surface area contributed by atoms with Crippen LogP contribution in [-0.2, 0) is 6.54 Å². The maximum atomic E-state index is 14.2. The molecule has 2 aliphatic heterocycles. The second-order valence-electron chi connectivity index (χ2n) is 7.14. The molecule has 4 nitrogen and oxygen atoms in total. The maximum absolute atomic E-state index is 14.2. The summed E-state index contributed by atoms with van der Waals surface area (Å²) in [5.41, 5.74) is 1.17. The summed E-state index contributed by atoms with van der Waals surface area (Å²) in [6, 6.07) is 10.5. The molecule has 0 aromatic heterocycles. The van der Waals surface area contributed by atoms with Crippen LogP contribution < -0.4 is 9.47 Å². The van der Waals surface area contributed by atoms with Crippen LogP contribution in [0.3, 0.4) is 0 Å². The van der Waals surface area contributed by atoms with Gasteiger partial charge < -0.3 is 14.6 Å². The fraction of sp³-hybridized carbons (Fsp3) is 0.400. The number of benzene rings is 2. The van der Waals surface area contributed by atoms with Gasteiger partial charge in [0.05, 0.1) is 20.3 Å². The molecule has 2 aromatic rings. The van der Waals surface area contributed by atoms with Gasteiger partial charge in [-0.25, -0.2) is 4.39 Å². The fourth-order valence-corrected chi connectivity index (χ4v) is 4.38. The van der Waals surface area contributed by atoms with Gasteiger partial charge in [-0.2, -0.15) is 0 Å². The highest BCUT2D eigenvalue weighted by molar-refractivity contribution is 6.31. The smallest absolute Gasteiger partial charge is 0.129 e. The quantitative estimate of drug-likeness (QED) is 0.886. The molecule has 0 saturated carbocycles. The van der Waals surface area contributed by atoms with Gasteiger partial charge in [-0.15, -0.1) is 0 Å². The number of fused-ring (bicyclic) bond motifs is 3. The summed E-state index contributed by atoms with van der Waals surface area (Å²) in [5.74, 6) is 1.36. The zero-order valence-corrected chi connectivity index (χ0v) is 15.3. The van der Waals surface area contributed by atoms with Crippen molar-refractivity contribution in [3.8, 4) is 11.5 Å². The molecule has 4 rings (SSSR count). The highest BCUT2D eigenvalue weighted by Gasteiger charge is 2.51. The molecule has 138 valence electrons. The van der Waals surface area contributed by atoms with Gasteiger partial charge in [0.25, 0.3) is 0 Å². The number of methoxy groups -OCH3 is 1. The van der Waals surface area contributed by atoms with Crippen molar-refractivity contribution in [3.63, 3.8) is 0 Å². The first-order valence-corrected chi connectivity index (χ1v) is 9.01. The molecule has 0 bridgehead atoms. The Balaban J connectivity index is 1.63. The van der Waals surface area contributed by atoms with Crippen molar-refractivity contribution in [1.82, 2.24) is 4.90 Å². The van der Waals surface area contributed by atoms with Crippen LogP contribution in [0, 0.1) is 11.2 Å². The number of aliphatic hydroxyl groups excluding tert-OH is 1. The molecule has 0 radical (unpaired) electrons. The van der Waals surface area contributed by atoms with Crippen LogP contribution in [0.1, 0.15) is 17.0 Å². The van der Waals surface area contributed by atoms with Crippen LogP contribution in [0.2, 0.25) is 5.02 Å². The lowest BCUT2D eigenvalue weighted by Gasteiger charge is -2.38. The third-order valence-electron chi connectivity index (χ3n) is 5.59. The molecular formula is C20H21ClFNO3. The van der Waals surface area contributed by atoms with Crippen molar-refractivity contribution in [3.05, 3.63) is 58.4 Å². The molecule has 6 heteroatoms. The van der Waals surface area contributed by atoms with Crippen molar-refractivity contribution in [2.75, 3.05) is 33.4 Å². The minimum atomic E-state index is -0.390. The van der Waals surface area contributed by atoms with Crippen LogP contribution in [0.25, 0.3) is 0 Å². The van der Waals surface area contributed by atoms with Crippen molar-refractivity contribution < 1.29 is 19.0 Å². The van der Waals surface area contributed by atoms with Gasteiger partial charge in [-0.05, 0) is 23.8 Å². The first kappa shape index (κ1) is 17.6. The molecule has 1 fully saturated rings. The highest BCUT2D eigenvalue weighted by atomic mass is 35.5. The van der Waals surface area contributed by atoms with E-state index in [9.17, 15) is 9.50 Å². The van der Waals surface area contributed by atoms with Crippen molar-refractivity contribution in [2.24, 2.45) is 5.41 Å². The van der Waals surface area contributed by atoms with Gasteiger partial charge in [0.1, 0.15) is 17.3 Å². The zero-order valence-electron chi connectivity index (χ0n) is 14.5. The fourth-order valence-electron chi connectivity index (χ4n) is 4.16. The second kappa shape index (κ2) is 6.72. The summed E-state index contributed by atoms with van der Waals surface area (Å²) in [6.07, 6.45) is 0. The van der Waals surface area contributed by atoms with Gasteiger partial charge >= 0.3 is 0 Å². The van der Waals surface area contributed by atoms with Crippen LogP contribution in [0.4, 0.5) is 4.39 Å². The average Bonchev–Trinajstić information content (AvgIpc) is 3.03. The summed E-state index contributed by atoms with van der Waals surface area (Å²) >= 11 is 6.19. The Hall–Kier alpha value is -1.82. The molecule has 2 heterocycles. The van der Waals surface area contributed by atoms with E-state index in [1.165, 1.54) is 6.07 Å². The molecule has 0 spiro atoms. The molecule has 2 aromatic carbocycles. The largest absolute Gasteiger partial charge is 0.497 e. The van der Waals surface area contributed by atoms with E-state index >= 15 is 0 Å². The van der Waals surface area contributed by atoms with E-state index < -0.39 is 0 Å². The molecule has 1 N–H and O–H groups in total. The Morgan fingerprint density at radius 3 is 2.96 bits per heavy atom. The van der Waals surface area contributed by atoms with Gasteiger partial charge in [0, 0.05) is 47.6 Å². The highest BCUT2D eigenvalue weighted by Crippen LogP contribution is 2.50. The summed E-state index contributed by atoms with van der Waals surface area (Å²) in [7, 11) is 1.62. The van der Waals surface area contributed by atoms with E-state index in [1.54, 1.807) is 19.2 Å². The SMILES string of the molecule is COc1ccc2c(c1)OCC1(CO)CN(Cc3c(F)cccc3Cl)CC21. The first-order valence-electron chi connectivity index (χ1n) is 8.63. The average molecular weight is 378 g/mol. The Morgan fingerprint density at radius 1 is 1.38 bits per heavy atom. The standard InChI is InChI=1S/C20H21ClFNO3/c1-25-13-5-6-14-16-9-23(8-15-17(21)3-2-4-18(15)22)10-20(16,11-24)12-26-19(14)7-13/h2-7,16,24H,8-12H2,1H3. The number of aliphatic hydroxyl groups is 1. The predicted octanol–water partition coefficient (Wildman–Crippen LogP) is 3.46. The van der Waals surface area contributed by atoms with E-state index in [-0.39, 0.29) is 23.8 Å². The van der Waals surface area contributed by atoms with Crippen molar-refractivity contribution in [2.45, 2.75) is 12.5 Å². The van der Waals surface area contributed by atoms with Crippen LogP contribution in [-0.4, -0.2) is 43.4 Å². The third-order valence-corrected chi connectivity index (χ3v) is 5.94. The third kappa shape index (κ3) is 2.84. The number of ether oxygens (including phenoxy) is 2. The number of nitrogens with zero attached hydrogens (tertiary/aromatic N) is 1. The topological polar surface area (TPSA) is 41.9 Å². The minimum absolute atomic E-state index is 0.0185. The molecule has 0 aliphatic carbocycles. The minimum Gasteiger partial charge on any atom is -0.497 e. The number of hydrogen-bond acceptors (Lipinski definition) is 4. The number of rotatable bonds is 4. The van der Waals surface area contributed by atoms with E-state index in [0.717, 1.165) is 17.1 Å². The van der Waals surface area contributed by atoms with Gasteiger partial charge in [0.2, 0.25) is 0 Å². The van der Waals surface area contributed by atoms with E-state index in [1.807, 2.05) is 18.2 Å². The number of halogens is 2. The summed E-state index contributed by atoms with van der Waals surface area (Å²) in [6.45, 7) is 2.20. The Labute approximate surface area is 157 Å². The lowest BCUT2D eigenvalue weighted by atomic mass is 9.74. The van der Waals surface area contributed by atoms with Crippen molar-refractivity contribution in [1.29, 1.82) is 0 Å². The normalized spacial score (nSPS) is 24.7. The van der Waals surface area contributed by atoms with Crippen LogP contribution in [0.15, 0.2) is 36.4 Å². The molecule has 2 aliphatic rings. The second-order valence-corrected chi connectivity index (χ2v) is 7.54. The molecule has 2 unspecified atom stereocenters. The van der Waals surface area contributed by atoms with Crippen LogP contribution in [0.5, 0.6) is 11.5 Å². The van der Waals surface area contributed by atoms with E-state index in [4.69, 9.17) is 21.1 Å². The maximum Gasteiger partial charge on any atom is 0.129 e.